The number of hydrogen-bond acceptors (Lipinski definition) is 2. The van der Waals surface area contributed by atoms with Gasteiger partial charge in [0.05, 0.1) is 0 Å². The second-order valence-electron chi connectivity index (χ2n) is 4.92. The van der Waals surface area contributed by atoms with Crippen molar-refractivity contribution in [1.82, 2.24) is 10.3 Å². The number of pyridine rings is 1. The van der Waals surface area contributed by atoms with Crippen molar-refractivity contribution in [3.05, 3.63) is 65.5 Å². The summed E-state index contributed by atoms with van der Waals surface area (Å²) in [6.07, 6.45) is 6.26. The molecule has 3 nitrogen and oxygen atoms in total. The maximum Gasteiger partial charge on any atom is 0.251 e. The van der Waals surface area contributed by atoms with Gasteiger partial charge in [0.15, 0.2) is 0 Å². The summed E-state index contributed by atoms with van der Waals surface area (Å²) in [6, 6.07) is 12.2. The molecule has 0 spiro atoms. The summed E-state index contributed by atoms with van der Waals surface area (Å²) >= 11 is 0. The Morgan fingerprint density at radius 3 is 2.63 bits per heavy atom. The zero-order chi connectivity index (χ0) is 13.1. The molecule has 0 saturated carbocycles. The van der Waals surface area contributed by atoms with Crippen molar-refractivity contribution in [2.24, 2.45) is 0 Å². The molecule has 0 unspecified atom stereocenters. The predicted octanol–water partition coefficient (Wildman–Crippen LogP) is 2.37. The molecule has 1 amide bonds. The highest BCUT2D eigenvalue weighted by Gasteiger charge is 2.20. The zero-order valence-electron chi connectivity index (χ0n) is 10.7. The third-order valence-corrected chi connectivity index (χ3v) is 3.62. The number of nitrogens with one attached hydrogen (secondary N) is 1. The van der Waals surface area contributed by atoms with Crippen LogP contribution in [0.5, 0.6) is 0 Å². The highest BCUT2D eigenvalue weighted by molar-refractivity contribution is 5.94. The van der Waals surface area contributed by atoms with E-state index < -0.39 is 0 Å². The molecule has 0 radical (unpaired) electrons. The van der Waals surface area contributed by atoms with Crippen molar-refractivity contribution in [3.63, 3.8) is 0 Å². The number of carbonyl (C=O) groups is 1. The zero-order valence-corrected chi connectivity index (χ0v) is 10.7. The minimum atomic E-state index is -0.00761. The number of carbonyl (C=O) groups excluding carboxylic acids is 1. The largest absolute Gasteiger partial charge is 0.349 e. The van der Waals surface area contributed by atoms with Crippen molar-refractivity contribution in [1.29, 1.82) is 0 Å². The molecule has 1 N–H and O–H groups in total. The molecule has 1 aliphatic rings. The fourth-order valence-electron chi connectivity index (χ4n) is 2.59. The van der Waals surface area contributed by atoms with Crippen LogP contribution in [0.3, 0.4) is 0 Å². The number of benzene rings is 1. The number of nitrogens with zero attached hydrogens (tertiary/aromatic N) is 1. The highest BCUT2D eigenvalue weighted by atomic mass is 16.1. The van der Waals surface area contributed by atoms with Crippen LogP contribution >= 0.6 is 0 Å². The summed E-state index contributed by atoms with van der Waals surface area (Å²) in [6.45, 7) is 0. The second kappa shape index (κ2) is 5.22. The molecular weight excluding hydrogens is 236 g/mol. The molecule has 0 bridgehead atoms. The fourth-order valence-corrected chi connectivity index (χ4v) is 2.59. The average Bonchev–Trinajstić information content (AvgIpc) is 2.48. The van der Waals surface area contributed by atoms with Gasteiger partial charge in [0.2, 0.25) is 0 Å². The lowest BCUT2D eigenvalue weighted by Crippen LogP contribution is -2.38. The van der Waals surface area contributed by atoms with Crippen LogP contribution in [-0.2, 0) is 12.8 Å². The maximum absolute atomic E-state index is 12.1. The van der Waals surface area contributed by atoms with E-state index in [-0.39, 0.29) is 11.9 Å². The molecule has 0 fully saturated rings. The lowest BCUT2D eigenvalue weighted by molar-refractivity contribution is 0.0933. The van der Waals surface area contributed by atoms with Crippen LogP contribution in [0, 0.1) is 0 Å². The van der Waals surface area contributed by atoms with E-state index in [1.165, 1.54) is 11.1 Å². The number of aryl methyl sites for hydroxylation is 1. The summed E-state index contributed by atoms with van der Waals surface area (Å²) in [5, 5.41) is 3.11. The van der Waals surface area contributed by atoms with Gasteiger partial charge >= 0.3 is 0 Å². The Bertz CT molecular complexity index is 580. The molecule has 2 aromatic rings. The maximum atomic E-state index is 12.1. The Balaban J connectivity index is 1.68. The van der Waals surface area contributed by atoms with Crippen LogP contribution in [-0.4, -0.2) is 16.9 Å². The lowest BCUT2D eigenvalue weighted by Gasteiger charge is -2.25. The van der Waals surface area contributed by atoms with Crippen LogP contribution in [0.1, 0.15) is 27.9 Å². The molecule has 96 valence electrons. The van der Waals surface area contributed by atoms with E-state index in [9.17, 15) is 4.79 Å². The van der Waals surface area contributed by atoms with Gasteiger partial charge in [0.25, 0.3) is 5.91 Å². The van der Waals surface area contributed by atoms with Crippen molar-refractivity contribution >= 4 is 5.91 Å². The molecule has 3 rings (SSSR count). The summed E-state index contributed by atoms with van der Waals surface area (Å²) in [5.41, 5.74) is 3.44. The van der Waals surface area contributed by atoms with Crippen LogP contribution in [0.25, 0.3) is 0 Å². The number of rotatable bonds is 2. The molecule has 19 heavy (non-hydrogen) atoms. The Hall–Kier alpha value is -2.16. The van der Waals surface area contributed by atoms with Gasteiger partial charge in [0.1, 0.15) is 0 Å². The van der Waals surface area contributed by atoms with Crippen molar-refractivity contribution in [2.75, 3.05) is 0 Å². The summed E-state index contributed by atoms with van der Waals surface area (Å²) in [4.78, 5) is 16.0. The average molecular weight is 252 g/mol. The van der Waals surface area contributed by atoms with Gasteiger partial charge in [-0.3, -0.25) is 9.78 Å². The van der Waals surface area contributed by atoms with Gasteiger partial charge in [-0.15, -0.1) is 0 Å². The predicted molar refractivity (Wildman–Crippen MR) is 74.0 cm³/mol. The smallest absolute Gasteiger partial charge is 0.251 e. The molecule has 1 aliphatic carbocycles. The van der Waals surface area contributed by atoms with Crippen molar-refractivity contribution in [2.45, 2.75) is 25.3 Å². The molecule has 1 aromatic heterocycles. The highest BCUT2D eigenvalue weighted by Crippen LogP contribution is 2.21. The van der Waals surface area contributed by atoms with Gasteiger partial charge < -0.3 is 5.32 Å². The van der Waals surface area contributed by atoms with Crippen LogP contribution in [0.15, 0.2) is 48.8 Å². The quantitative estimate of drug-likeness (QED) is 0.891. The summed E-state index contributed by atoms with van der Waals surface area (Å²) < 4.78 is 0. The second-order valence-corrected chi connectivity index (χ2v) is 4.92. The Labute approximate surface area is 112 Å². The summed E-state index contributed by atoms with van der Waals surface area (Å²) in [7, 11) is 0. The van der Waals surface area contributed by atoms with Crippen molar-refractivity contribution < 1.29 is 4.79 Å². The normalized spacial score (nSPS) is 17.6. The molecule has 1 heterocycles. The molecule has 3 heteroatoms. The molecule has 1 atom stereocenters. The first-order valence-corrected chi connectivity index (χ1v) is 6.60. The summed E-state index contributed by atoms with van der Waals surface area (Å²) in [5.74, 6) is -0.00761. The third-order valence-electron chi connectivity index (χ3n) is 3.62. The number of aromatic nitrogens is 1. The number of amides is 1. The van der Waals surface area contributed by atoms with E-state index in [4.69, 9.17) is 0 Å². The van der Waals surface area contributed by atoms with Crippen LogP contribution in [0.2, 0.25) is 0 Å². The minimum absolute atomic E-state index is 0.00761. The monoisotopic (exact) mass is 252 g/mol. The van der Waals surface area contributed by atoms with Gasteiger partial charge in [-0.1, -0.05) is 24.3 Å². The Kier molecular flexibility index (Phi) is 3.27. The topological polar surface area (TPSA) is 42.0 Å². The van der Waals surface area contributed by atoms with Crippen LogP contribution in [0.4, 0.5) is 0 Å². The number of fused-ring (bicyclic) bond motifs is 1. The fraction of sp³-hybridized carbons (Fsp3) is 0.250. The SMILES string of the molecule is O=C(N[C@@H]1CCc2ccccc2C1)c1ccncc1. The molecular formula is C16H16N2O. The van der Waals surface area contributed by atoms with E-state index in [1.54, 1.807) is 24.5 Å². The Morgan fingerprint density at radius 1 is 1.11 bits per heavy atom. The minimum Gasteiger partial charge on any atom is -0.349 e. The van der Waals surface area contributed by atoms with Gasteiger partial charge in [0, 0.05) is 24.0 Å². The van der Waals surface area contributed by atoms with E-state index in [0.717, 1.165) is 19.3 Å². The van der Waals surface area contributed by atoms with Gasteiger partial charge in [-0.25, -0.2) is 0 Å². The molecule has 0 aliphatic heterocycles. The van der Waals surface area contributed by atoms with Gasteiger partial charge in [-0.2, -0.15) is 0 Å². The first-order chi connectivity index (χ1) is 9.33. The molecule has 1 aromatic carbocycles. The van der Waals surface area contributed by atoms with E-state index >= 15 is 0 Å². The Morgan fingerprint density at radius 2 is 1.84 bits per heavy atom. The van der Waals surface area contributed by atoms with E-state index in [0.29, 0.717) is 5.56 Å². The lowest BCUT2D eigenvalue weighted by atomic mass is 9.88. The van der Waals surface area contributed by atoms with E-state index in [2.05, 4.69) is 34.6 Å². The van der Waals surface area contributed by atoms with Gasteiger partial charge in [-0.05, 0) is 42.5 Å². The third kappa shape index (κ3) is 2.65. The first-order valence-electron chi connectivity index (χ1n) is 6.60. The van der Waals surface area contributed by atoms with Crippen molar-refractivity contribution in [3.8, 4) is 0 Å². The molecule has 0 saturated heterocycles. The number of hydrogen-bond donors (Lipinski definition) is 1. The standard InChI is InChI=1S/C16H16N2O/c19-16(13-7-9-17-10-8-13)18-15-6-5-12-3-1-2-4-14(12)11-15/h1-4,7-10,15H,5-6,11H2,(H,18,19)/t15-/m1/s1. The van der Waals surface area contributed by atoms with Crippen LogP contribution < -0.4 is 5.32 Å². The first kappa shape index (κ1) is 11.9. The van der Waals surface area contributed by atoms with E-state index in [1.807, 2.05) is 0 Å².